The molecule has 1 atom stereocenters. The Kier molecular flexibility index (Phi) is 4.01. The van der Waals surface area contributed by atoms with Gasteiger partial charge in [0, 0.05) is 27.8 Å². The average Bonchev–Trinajstić information content (AvgIpc) is 3.04. The molecule has 110 valence electrons. The van der Waals surface area contributed by atoms with Crippen LogP contribution in [0.4, 0.5) is 0 Å². The minimum absolute atomic E-state index is 0.282. The van der Waals surface area contributed by atoms with Crippen LogP contribution in [0, 0.1) is 0 Å². The van der Waals surface area contributed by atoms with Gasteiger partial charge >= 0.3 is 0 Å². The maximum absolute atomic E-state index is 6.41. The molecule has 0 spiro atoms. The van der Waals surface area contributed by atoms with Gasteiger partial charge in [0.2, 0.25) is 0 Å². The van der Waals surface area contributed by atoms with E-state index in [0.29, 0.717) is 28.9 Å². The van der Waals surface area contributed by atoms with Crippen LogP contribution in [0.2, 0.25) is 5.02 Å². The summed E-state index contributed by atoms with van der Waals surface area (Å²) in [6.45, 7) is 2.06. The summed E-state index contributed by atoms with van der Waals surface area (Å²) in [5.74, 6) is 1.06. The molecule has 0 aliphatic carbocycles. The van der Waals surface area contributed by atoms with Gasteiger partial charge in [0.1, 0.15) is 5.69 Å². The van der Waals surface area contributed by atoms with Gasteiger partial charge in [-0.15, -0.1) is 0 Å². The zero-order valence-corrected chi connectivity index (χ0v) is 13.9. The van der Waals surface area contributed by atoms with E-state index >= 15 is 0 Å². The van der Waals surface area contributed by atoms with Crippen LogP contribution in [0.3, 0.4) is 0 Å². The molecule has 2 aromatic heterocycles. The SMILES string of the molecule is CNC(C)Cc1noc(-c2[nH]c3ccc(Br)cc3c2Cl)n1. The Morgan fingerprint density at radius 3 is 3.05 bits per heavy atom. The molecule has 0 aliphatic rings. The van der Waals surface area contributed by atoms with E-state index in [1.165, 1.54) is 0 Å². The number of likely N-dealkylation sites (N-methyl/N-ethyl adjacent to an activating group) is 1. The molecule has 1 aromatic carbocycles. The summed E-state index contributed by atoms with van der Waals surface area (Å²) in [4.78, 5) is 7.63. The number of rotatable bonds is 4. The third-order valence-corrected chi connectivity index (χ3v) is 4.25. The van der Waals surface area contributed by atoms with Gasteiger partial charge in [-0.25, -0.2) is 0 Å². The Bertz CT molecular complexity index is 782. The minimum atomic E-state index is 0.282. The van der Waals surface area contributed by atoms with Crippen molar-refractivity contribution >= 4 is 38.4 Å². The standard InChI is InChI=1S/C14H14BrClN4O/c1-7(17-2)5-11-19-14(21-20-11)13-12(16)9-6-8(15)3-4-10(9)18-13/h3-4,6-7,17-18H,5H2,1-2H3. The van der Waals surface area contributed by atoms with E-state index in [1.54, 1.807) is 0 Å². The van der Waals surface area contributed by atoms with Crippen LogP contribution in [0.15, 0.2) is 27.2 Å². The summed E-state index contributed by atoms with van der Waals surface area (Å²) >= 11 is 9.85. The topological polar surface area (TPSA) is 66.7 Å². The second-order valence-corrected chi connectivity index (χ2v) is 6.21. The Balaban J connectivity index is 1.99. The van der Waals surface area contributed by atoms with Crippen LogP contribution in [0.25, 0.3) is 22.5 Å². The molecule has 0 bridgehead atoms. The number of halogens is 2. The van der Waals surface area contributed by atoms with Crippen molar-refractivity contribution in [2.45, 2.75) is 19.4 Å². The van der Waals surface area contributed by atoms with Gasteiger partial charge in [-0.1, -0.05) is 32.7 Å². The predicted molar refractivity (Wildman–Crippen MR) is 86.5 cm³/mol. The summed E-state index contributed by atoms with van der Waals surface area (Å²) in [5.41, 5.74) is 1.59. The lowest BCUT2D eigenvalue weighted by Gasteiger charge is -2.04. The number of nitrogens with one attached hydrogen (secondary N) is 2. The molecule has 0 fully saturated rings. The first-order valence-electron chi connectivity index (χ1n) is 6.55. The van der Waals surface area contributed by atoms with Gasteiger partial charge in [-0.05, 0) is 32.2 Å². The average molecular weight is 370 g/mol. The summed E-state index contributed by atoms with van der Waals surface area (Å²) in [7, 11) is 1.90. The van der Waals surface area contributed by atoms with Gasteiger partial charge in [0.15, 0.2) is 5.82 Å². The van der Waals surface area contributed by atoms with Crippen LogP contribution >= 0.6 is 27.5 Å². The van der Waals surface area contributed by atoms with Gasteiger partial charge in [-0.2, -0.15) is 4.98 Å². The Hall–Kier alpha value is -1.37. The fraction of sp³-hybridized carbons (Fsp3) is 0.286. The smallest absolute Gasteiger partial charge is 0.275 e. The Morgan fingerprint density at radius 2 is 2.29 bits per heavy atom. The van der Waals surface area contributed by atoms with Crippen LogP contribution < -0.4 is 5.32 Å². The van der Waals surface area contributed by atoms with E-state index in [2.05, 4.69) is 43.3 Å². The zero-order valence-electron chi connectivity index (χ0n) is 11.6. The summed E-state index contributed by atoms with van der Waals surface area (Å²) in [6.07, 6.45) is 0.698. The number of nitrogens with zero attached hydrogens (tertiary/aromatic N) is 2. The van der Waals surface area contributed by atoms with E-state index in [4.69, 9.17) is 16.1 Å². The summed E-state index contributed by atoms with van der Waals surface area (Å²) in [6, 6.07) is 6.14. The predicted octanol–water partition coefficient (Wildman–Crippen LogP) is 3.78. The van der Waals surface area contributed by atoms with Crippen molar-refractivity contribution in [1.29, 1.82) is 0 Å². The number of hydrogen-bond donors (Lipinski definition) is 2. The fourth-order valence-electron chi connectivity index (χ4n) is 2.09. The third kappa shape index (κ3) is 2.84. The first-order chi connectivity index (χ1) is 10.1. The van der Waals surface area contributed by atoms with Crippen molar-refractivity contribution in [1.82, 2.24) is 20.4 Å². The normalized spacial score (nSPS) is 13.0. The Morgan fingerprint density at radius 1 is 1.48 bits per heavy atom. The summed E-state index contributed by atoms with van der Waals surface area (Å²) < 4.78 is 6.29. The molecule has 0 saturated carbocycles. The second kappa shape index (κ2) is 5.79. The molecule has 0 amide bonds. The van der Waals surface area contributed by atoms with Crippen molar-refractivity contribution in [2.24, 2.45) is 0 Å². The highest BCUT2D eigenvalue weighted by Crippen LogP contribution is 2.34. The highest BCUT2D eigenvalue weighted by atomic mass is 79.9. The molecule has 0 aliphatic heterocycles. The van der Waals surface area contributed by atoms with Gasteiger partial charge in [0.05, 0.1) is 5.02 Å². The van der Waals surface area contributed by atoms with E-state index in [-0.39, 0.29) is 6.04 Å². The van der Waals surface area contributed by atoms with Crippen molar-refractivity contribution in [3.63, 3.8) is 0 Å². The molecule has 21 heavy (non-hydrogen) atoms. The molecule has 3 aromatic rings. The molecule has 5 nitrogen and oxygen atoms in total. The molecule has 0 radical (unpaired) electrons. The van der Waals surface area contributed by atoms with Crippen LogP contribution in [-0.2, 0) is 6.42 Å². The van der Waals surface area contributed by atoms with E-state index in [0.717, 1.165) is 15.4 Å². The molecule has 0 saturated heterocycles. The quantitative estimate of drug-likeness (QED) is 0.734. The van der Waals surface area contributed by atoms with Crippen LogP contribution in [0.5, 0.6) is 0 Å². The molecule has 3 rings (SSSR count). The van der Waals surface area contributed by atoms with Crippen LogP contribution in [-0.4, -0.2) is 28.2 Å². The number of benzene rings is 1. The maximum atomic E-state index is 6.41. The molecule has 7 heteroatoms. The van der Waals surface area contributed by atoms with E-state index in [9.17, 15) is 0 Å². The van der Waals surface area contributed by atoms with Crippen molar-refractivity contribution in [3.05, 3.63) is 33.5 Å². The summed E-state index contributed by atoms with van der Waals surface area (Å²) in [5, 5.41) is 8.64. The molecular weight excluding hydrogens is 356 g/mol. The molecule has 2 heterocycles. The zero-order chi connectivity index (χ0) is 15.0. The lowest BCUT2D eigenvalue weighted by atomic mass is 10.2. The lowest BCUT2D eigenvalue weighted by Crippen LogP contribution is -2.24. The third-order valence-electron chi connectivity index (χ3n) is 3.36. The fourth-order valence-corrected chi connectivity index (χ4v) is 2.74. The molecular formula is C14H14BrClN4O. The highest BCUT2D eigenvalue weighted by Gasteiger charge is 2.18. The first kappa shape index (κ1) is 14.6. The van der Waals surface area contributed by atoms with Gasteiger partial charge in [0.25, 0.3) is 5.89 Å². The minimum Gasteiger partial charge on any atom is -0.349 e. The number of aromatic nitrogens is 3. The largest absolute Gasteiger partial charge is 0.349 e. The Labute approximate surface area is 135 Å². The van der Waals surface area contributed by atoms with E-state index in [1.807, 2.05) is 25.2 Å². The van der Waals surface area contributed by atoms with Gasteiger partial charge in [-0.3, -0.25) is 0 Å². The molecule has 2 N–H and O–H groups in total. The number of fused-ring (bicyclic) bond motifs is 1. The lowest BCUT2D eigenvalue weighted by molar-refractivity contribution is 0.417. The van der Waals surface area contributed by atoms with Gasteiger partial charge < -0.3 is 14.8 Å². The number of hydrogen-bond acceptors (Lipinski definition) is 4. The van der Waals surface area contributed by atoms with Crippen molar-refractivity contribution in [2.75, 3.05) is 7.05 Å². The second-order valence-electron chi connectivity index (χ2n) is 4.91. The van der Waals surface area contributed by atoms with E-state index < -0.39 is 0 Å². The maximum Gasteiger partial charge on any atom is 0.275 e. The van der Waals surface area contributed by atoms with Crippen LogP contribution in [0.1, 0.15) is 12.7 Å². The number of H-pyrrole nitrogens is 1. The first-order valence-corrected chi connectivity index (χ1v) is 7.72. The number of aromatic amines is 1. The molecule has 1 unspecified atom stereocenters. The van der Waals surface area contributed by atoms with Crippen molar-refractivity contribution in [3.8, 4) is 11.6 Å². The highest BCUT2D eigenvalue weighted by molar-refractivity contribution is 9.10. The monoisotopic (exact) mass is 368 g/mol. The van der Waals surface area contributed by atoms with Crippen molar-refractivity contribution < 1.29 is 4.52 Å².